The summed E-state index contributed by atoms with van der Waals surface area (Å²) in [4.78, 5) is 0. The van der Waals surface area contributed by atoms with Crippen molar-refractivity contribution < 1.29 is 5.11 Å². The second-order valence-electron chi connectivity index (χ2n) is 2.70. The van der Waals surface area contributed by atoms with Gasteiger partial charge >= 0.3 is 0 Å². The number of benzene rings is 1. The van der Waals surface area contributed by atoms with Gasteiger partial charge < -0.3 is 10.8 Å². The molecule has 0 saturated heterocycles. The average molecular weight is 151 g/mol. The van der Waals surface area contributed by atoms with E-state index in [2.05, 4.69) is 0 Å². The van der Waals surface area contributed by atoms with Gasteiger partial charge in [0.05, 0.1) is 12.6 Å². The first-order valence-corrected chi connectivity index (χ1v) is 3.67. The number of nitrogens with two attached hydrogens (primary N) is 1. The maximum absolute atomic E-state index is 8.73. The standard InChI is InChI=1S/C9H13NO/c1-7-2-4-8(5-3-7)9(10)6-11/h2-5,9,11H,6,10H2,1H3. The van der Waals surface area contributed by atoms with Crippen molar-refractivity contribution in [3.63, 3.8) is 0 Å². The lowest BCUT2D eigenvalue weighted by Crippen LogP contribution is -2.14. The van der Waals surface area contributed by atoms with Crippen molar-refractivity contribution in [1.29, 1.82) is 0 Å². The normalized spacial score (nSPS) is 13.0. The van der Waals surface area contributed by atoms with Crippen LogP contribution in [0, 0.1) is 6.92 Å². The van der Waals surface area contributed by atoms with E-state index in [0.717, 1.165) is 5.56 Å². The highest BCUT2D eigenvalue weighted by atomic mass is 16.3. The maximum Gasteiger partial charge on any atom is 0.0624 e. The van der Waals surface area contributed by atoms with E-state index < -0.39 is 0 Å². The van der Waals surface area contributed by atoms with Crippen molar-refractivity contribution in [2.24, 2.45) is 5.73 Å². The Morgan fingerprint density at radius 3 is 2.36 bits per heavy atom. The van der Waals surface area contributed by atoms with Crippen molar-refractivity contribution in [2.75, 3.05) is 6.61 Å². The molecule has 0 bridgehead atoms. The summed E-state index contributed by atoms with van der Waals surface area (Å²) in [5.74, 6) is 0. The van der Waals surface area contributed by atoms with E-state index in [-0.39, 0.29) is 12.6 Å². The van der Waals surface area contributed by atoms with E-state index in [1.165, 1.54) is 5.56 Å². The molecule has 1 unspecified atom stereocenters. The lowest BCUT2D eigenvalue weighted by Gasteiger charge is -2.07. The van der Waals surface area contributed by atoms with Gasteiger partial charge in [-0.2, -0.15) is 0 Å². The Labute approximate surface area is 66.7 Å². The molecule has 0 fully saturated rings. The second-order valence-corrected chi connectivity index (χ2v) is 2.70. The lowest BCUT2D eigenvalue weighted by atomic mass is 10.1. The van der Waals surface area contributed by atoms with Gasteiger partial charge in [0, 0.05) is 0 Å². The first-order chi connectivity index (χ1) is 5.24. The predicted octanol–water partition coefficient (Wildman–Crippen LogP) is 0.987. The third-order valence-corrected chi connectivity index (χ3v) is 1.70. The van der Waals surface area contributed by atoms with Crippen LogP contribution in [0.4, 0.5) is 0 Å². The monoisotopic (exact) mass is 151 g/mol. The molecule has 2 heteroatoms. The van der Waals surface area contributed by atoms with Crippen LogP contribution in [0.15, 0.2) is 24.3 Å². The molecule has 2 nitrogen and oxygen atoms in total. The Hall–Kier alpha value is -0.860. The first kappa shape index (κ1) is 8.24. The largest absolute Gasteiger partial charge is 0.394 e. The van der Waals surface area contributed by atoms with Gasteiger partial charge in [0.1, 0.15) is 0 Å². The molecule has 0 amide bonds. The predicted molar refractivity (Wildman–Crippen MR) is 45.2 cm³/mol. The third kappa shape index (κ3) is 2.03. The minimum Gasteiger partial charge on any atom is -0.394 e. The van der Waals surface area contributed by atoms with Gasteiger partial charge in [-0.05, 0) is 12.5 Å². The van der Waals surface area contributed by atoms with Crippen LogP contribution >= 0.6 is 0 Å². The van der Waals surface area contributed by atoms with Crippen LogP contribution in [-0.2, 0) is 0 Å². The van der Waals surface area contributed by atoms with Crippen LogP contribution in [0.5, 0.6) is 0 Å². The SMILES string of the molecule is Cc1ccc(C(N)CO)cc1. The number of hydrogen-bond donors (Lipinski definition) is 2. The van der Waals surface area contributed by atoms with Gasteiger partial charge in [-0.25, -0.2) is 0 Å². The molecule has 11 heavy (non-hydrogen) atoms. The Balaban J connectivity index is 2.81. The van der Waals surface area contributed by atoms with Crippen molar-refractivity contribution in [2.45, 2.75) is 13.0 Å². The number of aliphatic hydroxyl groups is 1. The summed E-state index contributed by atoms with van der Waals surface area (Å²) < 4.78 is 0. The summed E-state index contributed by atoms with van der Waals surface area (Å²) in [7, 11) is 0. The smallest absolute Gasteiger partial charge is 0.0624 e. The quantitative estimate of drug-likeness (QED) is 0.662. The summed E-state index contributed by atoms with van der Waals surface area (Å²) in [5.41, 5.74) is 7.79. The third-order valence-electron chi connectivity index (χ3n) is 1.70. The van der Waals surface area contributed by atoms with E-state index in [1.807, 2.05) is 31.2 Å². The Bertz CT molecular complexity index is 218. The molecule has 60 valence electrons. The van der Waals surface area contributed by atoms with Gasteiger partial charge in [-0.15, -0.1) is 0 Å². The molecule has 0 aliphatic heterocycles. The van der Waals surface area contributed by atoms with Crippen LogP contribution in [0.3, 0.4) is 0 Å². The highest BCUT2D eigenvalue weighted by Crippen LogP contribution is 2.09. The fourth-order valence-electron chi connectivity index (χ4n) is 0.919. The zero-order valence-electron chi connectivity index (χ0n) is 6.62. The molecule has 0 aliphatic rings. The van der Waals surface area contributed by atoms with Crippen molar-refractivity contribution in [1.82, 2.24) is 0 Å². The molecule has 1 aromatic rings. The zero-order chi connectivity index (χ0) is 8.27. The number of hydrogen-bond acceptors (Lipinski definition) is 2. The number of rotatable bonds is 2. The van der Waals surface area contributed by atoms with Crippen molar-refractivity contribution in [3.05, 3.63) is 35.4 Å². The summed E-state index contributed by atoms with van der Waals surface area (Å²) in [6.45, 7) is 2.03. The fourth-order valence-corrected chi connectivity index (χ4v) is 0.919. The topological polar surface area (TPSA) is 46.2 Å². The second kappa shape index (κ2) is 3.51. The van der Waals surface area contributed by atoms with Crippen LogP contribution in [0.25, 0.3) is 0 Å². The molecule has 0 aromatic heterocycles. The highest BCUT2D eigenvalue weighted by molar-refractivity contribution is 5.23. The number of aryl methyl sites for hydroxylation is 1. The molecule has 3 N–H and O–H groups in total. The molecule has 1 rings (SSSR count). The fraction of sp³-hybridized carbons (Fsp3) is 0.333. The van der Waals surface area contributed by atoms with Gasteiger partial charge in [-0.3, -0.25) is 0 Å². The van der Waals surface area contributed by atoms with Crippen LogP contribution in [-0.4, -0.2) is 11.7 Å². The highest BCUT2D eigenvalue weighted by Gasteiger charge is 2.01. The van der Waals surface area contributed by atoms with E-state index in [1.54, 1.807) is 0 Å². The Kier molecular flexibility index (Phi) is 2.63. The Morgan fingerprint density at radius 2 is 1.91 bits per heavy atom. The van der Waals surface area contributed by atoms with Crippen LogP contribution in [0.2, 0.25) is 0 Å². The van der Waals surface area contributed by atoms with E-state index in [0.29, 0.717) is 0 Å². The van der Waals surface area contributed by atoms with Gasteiger partial charge in [0.15, 0.2) is 0 Å². The van der Waals surface area contributed by atoms with Crippen LogP contribution in [0.1, 0.15) is 17.2 Å². The van der Waals surface area contributed by atoms with Gasteiger partial charge in [0.2, 0.25) is 0 Å². The van der Waals surface area contributed by atoms with E-state index in [4.69, 9.17) is 10.8 Å². The van der Waals surface area contributed by atoms with Gasteiger partial charge in [-0.1, -0.05) is 29.8 Å². The molecule has 1 atom stereocenters. The maximum atomic E-state index is 8.73. The average Bonchev–Trinajstić information content (AvgIpc) is 2.05. The Morgan fingerprint density at radius 1 is 1.36 bits per heavy atom. The molecule has 0 saturated carbocycles. The lowest BCUT2D eigenvalue weighted by molar-refractivity contribution is 0.268. The molecule has 0 radical (unpaired) electrons. The summed E-state index contributed by atoms with van der Waals surface area (Å²) >= 11 is 0. The first-order valence-electron chi connectivity index (χ1n) is 3.67. The van der Waals surface area contributed by atoms with E-state index in [9.17, 15) is 0 Å². The minimum atomic E-state index is -0.240. The van der Waals surface area contributed by atoms with Crippen molar-refractivity contribution in [3.8, 4) is 0 Å². The molecule has 0 spiro atoms. The molecule has 0 heterocycles. The summed E-state index contributed by atoms with van der Waals surface area (Å²) in [5, 5.41) is 8.73. The number of aliphatic hydroxyl groups excluding tert-OH is 1. The zero-order valence-corrected chi connectivity index (χ0v) is 6.62. The molecule has 0 aliphatic carbocycles. The summed E-state index contributed by atoms with van der Waals surface area (Å²) in [6.07, 6.45) is 0. The minimum absolute atomic E-state index is 0.00304. The van der Waals surface area contributed by atoms with E-state index >= 15 is 0 Å². The summed E-state index contributed by atoms with van der Waals surface area (Å²) in [6, 6.07) is 7.62. The molecular formula is C9H13NO. The van der Waals surface area contributed by atoms with Crippen LogP contribution < -0.4 is 5.73 Å². The molecule has 1 aromatic carbocycles. The van der Waals surface area contributed by atoms with Crippen molar-refractivity contribution >= 4 is 0 Å². The van der Waals surface area contributed by atoms with Gasteiger partial charge in [0.25, 0.3) is 0 Å². The molecular weight excluding hydrogens is 138 g/mol.